The summed E-state index contributed by atoms with van der Waals surface area (Å²) in [7, 11) is 3.09. The van der Waals surface area contributed by atoms with Crippen LogP contribution in [-0.4, -0.2) is 325 Å². The van der Waals surface area contributed by atoms with Crippen LogP contribution in [0.4, 0.5) is 24.0 Å². The predicted octanol–water partition coefficient (Wildman–Crippen LogP) is 4.40. The molecule has 0 aliphatic carbocycles. The van der Waals surface area contributed by atoms with E-state index >= 15 is 0 Å². The zero-order valence-corrected chi connectivity index (χ0v) is 69.7. The third-order valence-electron chi connectivity index (χ3n) is 19.6. The molecule has 20 atom stereocenters. The molecule has 0 aromatic rings. The maximum Gasteiger partial charge on any atom is 0.323 e. The number of carbonyl (C=O) groups excluding carboxylic acids is 5. The topological polar surface area (TPSA) is 412 Å². The van der Waals surface area contributed by atoms with Crippen molar-refractivity contribution < 1.29 is 92.9 Å². The molecule has 29 nitrogen and oxygen atoms in total. The Morgan fingerprint density at radius 2 is 0.630 bits per heavy atom. The van der Waals surface area contributed by atoms with Gasteiger partial charge >= 0.3 is 30.2 Å². The second-order valence-electron chi connectivity index (χ2n) is 32.4. The van der Waals surface area contributed by atoms with Gasteiger partial charge in [-0.2, -0.15) is 0 Å². The molecule has 10 amide bonds. The van der Waals surface area contributed by atoms with Crippen molar-refractivity contribution in [3.8, 4) is 0 Å². The van der Waals surface area contributed by atoms with E-state index in [0.717, 1.165) is 55.6 Å². The molecule has 608 valence electrons. The summed E-state index contributed by atoms with van der Waals surface area (Å²) in [5.41, 5.74) is 4.03. The lowest BCUT2D eigenvalue weighted by Gasteiger charge is -2.30. The summed E-state index contributed by atoms with van der Waals surface area (Å²) < 4.78 is 40.6. The molecule has 0 aromatic heterocycles. The first-order valence-corrected chi connectivity index (χ1v) is 51.0. The van der Waals surface area contributed by atoms with Gasteiger partial charge in [-0.15, -0.1) is 65.9 Å². The first-order chi connectivity index (χ1) is 49.8. The van der Waals surface area contributed by atoms with E-state index in [-0.39, 0.29) is 60.5 Å². The lowest BCUT2D eigenvalue weighted by atomic mass is 9.87. The number of aliphatic hydroxyl groups is 7. The number of nitrogens with one attached hydrogen (secondary N) is 10. The highest BCUT2D eigenvalue weighted by atomic mass is 31.2. The van der Waals surface area contributed by atoms with Crippen LogP contribution < -0.4 is 53.2 Å². The Kier molecular flexibility index (Phi) is 32.2. The summed E-state index contributed by atoms with van der Waals surface area (Å²) in [5, 5.41) is 98.4. The number of aliphatic hydroxyl groups excluding tert-OH is 6. The smallest absolute Gasteiger partial charge is 0.323 e. The van der Waals surface area contributed by atoms with Crippen LogP contribution in [0.2, 0.25) is 0 Å². The number of hydrogen-bond acceptors (Lipinski definition) is 19. The Bertz CT molecular complexity index is 3620. The van der Waals surface area contributed by atoms with Crippen LogP contribution in [0.1, 0.15) is 46.0 Å². The van der Waals surface area contributed by atoms with Gasteiger partial charge in [-0.25, -0.2) is 24.0 Å². The monoisotopic (exact) mass is 1610 g/mol. The van der Waals surface area contributed by atoms with Crippen molar-refractivity contribution in [2.75, 3.05) is 112 Å². The predicted molar refractivity (Wildman–Crippen MR) is 442 cm³/mol. The standard InChI is InChI=1S/3C15H25N2O4P.C15H25N2O3P.C14H23N2O4P/c1-9-10(8-16-14(19)17-9)13-15(2,20)12(18)11(21-13)6-7-22(3,4)5;2*1-9-10(8-16-15(19)17-9)13-14(20-2)12(18)11(21-13)6-7-22(3,4)5;1-9-13(18)12(6-7-21(3,4)5)20-14(9)11-8-16-15(19)17-10(11)2;1-8-9(7-15-14(19)16-8)13-12(18)11(17)10(20-13)5-6-21(2,3)4/h8,11-13,18,20H,1,3,6-7H2,2,4-5H3,(H2,16,17,19);2*8,11-14,18H,1,3,6-7H2,2,4-5H3,(H2,16,17,19);8-9,12-14,18H,2-3,6-7H2,1,4-5H3,(H2,16,17,19);7,10-13,17-18H,1-2,5-6H2,3-4H3,(H2,15,16,19)/t11-,12-,13+,15-;2*11-,12-,13+,14-;9-,12-,13+,14-;10-,11-,12-,13+/m11111/s1. The molecule has 0 saturated carbocycles. The van der Waals surface area contributed by atoms with E-state index in [4.69, 9.17) is 33.2 Å². The molecule has 5 fully saturated rings. The van der Waals surface area contributed by atoms with Gasteiger partial charge < -0.3 is 122 Å². The van der Waals surface area contributed by atoms with Gasteiger partial charge in [-0.1, -0.05) is 39.8 Å². The Hall–Kier alpha value is -5.31. The highest BCUT2D eigenvalue weighted by Gasteiger charge is 2.55. The molecule has 108 heavy (non-hydrogen) atoms. The van der Waals surface area contributed by atoms with E-state index in [1.165, 1.54) is 19.3 Å². The van der Waals surface area contributed by atoms with Crippen molar-refractivity contribution in [1.82, 2.24) is 53.2 Å². The maximum atomic E-state index is 11.3. The lowest BCUT2D eigenvalue weighted by molar-refractivity contribution is -0.0516. The third-order valence-corrected chi connectivity index (χ3v) is 26.9. The Morgan fingerprint density at radius 3 is 0.926 bits per heavy atom. The molecule has 0 spiro atoms. The van der Waals surface area contributed by atoms with E-state index in [2.05, 4.69) is 184 Å². The number of hydrogen-bond donors (Lipinski definition) is 17. The van der Waals surface area contributed by atoms with Gasteiger partial charge in [0.15, 0.2) is 0 Å². The molecule has 0 radical (unpaired) electrons. The molecule has 10 heterocycles. The van der Waals surface area contributed by atoms with E-state index in [1.54, 1.807) is 32.8 Å². The van der Waals surface area contributed by atoms with Crippen molar-refractivity contribution in [3.63, 3.8) is 0 Å². The largest absolute Gasteiger partial charge is 0.390 e. The van der Waals surface area contributed by atoms with E-state index in [9.17, 15) is 59.7 Å². The fourth-order valence-electron chi connectivity index (χ4n) is 13.3. The zero-order valence-electron chi connectivity index (χ0n) is 65.3. The number of ether oxygens (including phenoxy) is 7. The Morgan fingerprint density at radius 1 is 0.380 bits per heavy atom. The molecule has 10 aliphatic heterocycles. The van der Waals surface area contributed by atoms with Crippen LogP contribution in [0.15, 0.2) is 120 Å². The SMILES string of the molecule is C=C1NC(=O)NC=C1[C@@H]1O[C@H](CCP(=C)(C)C)[C@@H](O)[C@@]1(C)O.C=C1NC(=O)NC=C1[C@@H]1O[C@H](CCP(=C)(C)C)[C@@H](O)[C@H]1C.C=C1NC(=O)NC=C1[C@@H]1O[C@H](CCP(=C)(C)C)[C@@H](O)[C@H]1O.C=C1NC(=O)NC=C1[C@@H]1O[C@H](CCP(=C)(C)C)[C@@H](O)[C@H]1OC.C=C1NC(=O)NC=C1[C@@H]1O[C@H](CCP(=C)(C)C)[C@@H](O)[C@H]1OC. The van der Waals surface area contributed by atoms with Crippen molar-refractivity contribution in [2.45, 2.75) is 161 Å². The highest BCUT2D eigenvalue weighted by Crippen LogP contribution is 2.46. The molecule has 0 aromatic carbocycles. The molecule has 0 bridgehead atoms. The van der Waals surface area contributed by atoms with Crippen LogP contribution >= 0.6 is 34.4 Å². The summed E-state index contributed by atoms with van der Waals surface area (Å²) in [6.07, 6.45) is 26.5. The quantitative estimate of drug-likeness (QED) is 0.0668. The van der Waals surface area contributed by atoms with Gasteiger partial charge in [0.2, 0.25) is 0 Å². The van der Waals surface area contributed by atoms with Crippen molar-refractivity contribution in [1.29, 1.82) is 0 Å². The summed E-state index contributed by atoms with van der Waals surface area (Å²) in [5.74, 6) is -0.0407. The maximum absolute atomic E-state index is 11.3. The second-order valence-corrected chi connectivity index (χ2v) is 54.0. The zero-order chi connectivity index (χ0) is 81.3. The summed E-state index contributed by atoms with van der Waals surface area (Å²) in [4.78, 5) is 56.2. The number of urea groups is 5. The molecular formula is C74H123N10O19P5. The van der Waals surface area contributed by atoms with Crippen LogP contribution in [0.25, 0.3) is 0 Å². The van der Waals surface area contributed by atoms with Gasteiger partial charge in [0.1, 0.15) is 72.7 Å². The number of carbonyl (C=O) groups is 5. The molecule has 10 rings (SSSR count). The minimum atomic E-state index is -1.45. The first-order valence-electron chi connectivity index (χ1n) is 35.7. The van der Waals surface area contributed by atoms with Crippen LogP contribution in [0.3, 0.4) is 0 Å². The third kappa shape index (κ3) is 25.6. The van der Waals surface area contributed by atoms with E-state index in [1.807, 2.05) is 6.92 Å². The number of amides is 10. The van der Waals surface area contributed by atoms with Crippen molar-refractivity contribution in [2.24, 2.45) is 5.92 Å². The fourth-order valence-corrected chi connectivity index (χ4v) is 18.0. The van der Waals surface area contributed by atoms with Crippen molar-refractivity contribution >= 4 is 96.1 Å². The molecule has 10 aliphatic rings. The van der Waals surface area contributed by atoms with Crippen molar-refractivity contribution in [3.05, 3.63) is 120 Å². The van der Waals surface area contributed by atoms with Gasteiger partial charge in [-0.3, -0.25) is 0 Å². The van der Waals surface area contributed by atoms with Gasteiger partial charge in [-0.05, 0) is 136 Å². The minimum Gasteiger partial charge on any atom is -0.390 e. The van der Waals surface area contributed by atoms with E-state index < -0.39 is 125 Å². The first kappa shape index (κ1) is 91.6. The van der Waals surface area contributed by atoms with Crippen LogP contribution in [0.5, 0.6) is 0 Å². The fraction of sp³-hybridized carbons (Fsp3) is 0.595. The Balaban J connectivity index is 0.000000211. The summed E-state index contributed by atoms with van der Waals surface area (Å²) in [6, 6.07) is -1.72. The minimum absolute atomic E-state index is 0.0407. The summed E-state index contributed by atoms with van der Waals surface area (Å²) in [6.45, 7) is 38.1. The average Bonchev–Trinajstić information content (AvgIpc) is 1.62. The highest BCUT2D eigenvalue weighted by molar-refractivity contribution is 7.73. The molecular weight excluding hydrogens is 1490 g/mol. The van der Waals surface area contributed by atoms with Gasteiger partial charge in [0.25, 0.3) is 0 Å². The number of methoxy groups -OCH3 is 2. The van der Waals surface area contributed by atoms with Crippen LogP contribution in [0, 0.1) is 5.92 Å². The number of rotatable bonds is 22. The molecule has 34 heteroatoms. The second kappa shape index (κ2) is 38.0. The van der Waals surface area contributed by atoms with E-state index in [0.29, 0.717) is 63.6 Å². The summed E-state index contributed by atoms with van der Waals surface area (Å²) >= 11 is 0. The molecule has 5 saturated heterocycles. The average molecular weight is 1610 g/mol. The van der Waals surface area contributed by atoms with Gasteiger partial charge in [0.05, 0.1) is 42.7 Å². The molecule has 17 N–H and O–H groups in total. The Labute approximate surface area is 638 Å². The van der Waals surface area contributed by atoms with Gasteiger partial charge in [0, 0.05) is 107 Å². The van der Waals surface area contributed by atoms with Crippen LogP contribution in [-0.2, 0) is 33.2 Å². The molecule has 0 unspecified atom stereocenters. The lowest BCUT2D eigenvalue weighted by Crippen LogP contribution is -2.49. The normalized spacial score (nSPS) is 33.5.